The average molecular weight is 209 g/mol. The summed E-state index contributed by atoms with van der Waals surface area (Å²) in [4.78, 5) is 0. The van der Waals surface area contributed by atoms with Gasteiger partial charge in [0, 0.05) is 18.7 Å². The SMILES string of the molecule is Cn1nc(-c2cc(F)ccc2F)cc1N. The van der Waals surface area contributed by atoms with Gasteiger partial charge in [-0.25, -0.2) is 8.78 Å². The molecule has 3 nitrogen and oxygen atoms in total. The molecular weight excluding hydrogens is 200 g/mol. The van der Waals surface area contributed by atoms with Crippen molar-refractivity contribution in [2.75, 3.05) is 5.73 Å². The Morgan fingerprint density at radius 1 is 1.27 bits per heavy atom. The predicted molar refractivity (Wildman–Crippen MR) is 53.0 cm³/mol. The van der Waals surface area contributed by atoms with E-state index < -0.39 is 11.6 Å². The molecule has 2 N–H and O–H groups in total. The number of anilines is 1. The van der Waals surface area contributed by atoms with E-state index in [1.165, 1.54) is 10.7 Å². The summed E-state index contributed by atoms with van der Waals surface area (Å²) < 4.78 is 27.6. The summed E-state index contributed by atoms with van der Waals surface area (Å²) in [6, 6.07) is 4.72. The van der Waals surface area contributed by atoms with Crippen molar-refractivity contribution in [2.24, 2.45) is 7.05 Å². The molecule has 5 heteroatoms. The van der Waals surface area contributed by atoms with Crippen LogP contribution >= 0.6 is 0 Å². The summed E-state index contributed by atoms with van der Waals surface area (Å²) in [6.45, 7) is 0. The second-order valence-electron chi connectivity index (χ2n) is 3.20. The maximum absolute atomic E-state index is 13.3. The third kappa shape index (κ3) is 1.68. The number of nitrogen functional groups attached to an aromatic ring is 1. The number of aromatic nitrogens is 2. The van der Waals surface area contributed by atoms with Crippen molar-refractivity contribution >= 4 is 5.82 Å². The third-order valence-corrected chi connectivity index (χ3v) is 2.12. The van der Waals surface area contributed by atoms with Crippen LogP contribution in [0.25, 0.3) is 11.3 Å². The molecule has 0 saturated heterocycles. The van der Waals surface area contributed by atoms with Gasteiger partial charge in [0.2, 0.25) is 0 Å². The molecule has 0 bridgehead atoms. The van der Waals surface area contributed by atoms with Gasteiger partial charge < -0.3 is 5.73 Å². The van der Waals surface area contributed by atoms with E-state index in [1.807, 2.05) is 0 Å². The van der Waals surface area contributed by atoms with Crippen molar-refractivity contribution in [3.63, 3.8) is 0 Å². The predicted octanol–water partition coefficient (Wildman–Crippen LogP) is 1.95. The van der Waals surface area contributed by atoms with E-state index in [1.54, 1.807) is 7.05 Å². The number of halogens is 2. The number of aryl methyl sites for hydroxylation is 1. The van der Waals surface area contributed by atoms with Crippen LogP contribution in [0.15, 0.2) is 24.3 Å². The van der Waals surface area contributed by atoms with Crippen LogP contribution in [0.2, 0.25) is 0 Å². The molecule has 0 spiro atoms. The van der Waals surface area contributed by atoms with Crippen LogP contribution in [0, 0.1) is 11.6 Å². The lowest BCUT2D eigenvalue weighted by Crippen LogP contribution is -1.96. The van der Waals surface area contributed by atoms with Crippen LogP contribution in [0.1, 0.15) is 0 Å². The fraction of sp³-hybridized carbons (Fsp3) is 0.100. The van der Waals surface area contributed by atoms with E-state index in [4.69, 9.17) is 5.73 Å². The zero-order chi connectivity index (χ0) is 11.0. The van der Waals surface area contributed by atoms with Crippen LogP contribution in [0.3, 0.4) is 0 Å². The Labute approximate surface area is 85.1 Å². The van der Waals surface area contributed by atoms with Gasteiger partial charge in [0.1, 0.15) is 17.5 Å². The standard InChI is InChI=1S/C10H9F2N3/c1-15-10(13)5-9(14-15)7-4-6(11)2-3-8(7)12/h2-5H,13H2,1H3. The minimum absolute atomic E-state index is 0.113. The number of rotatable bonds is 1. The Kier molecular flexibility index (Phi) is 2.15. The van der Waals surface area contributed by atoms with Gasteiger partial charge in [-0.1, -0.05) is 0 Å². The second kappa shape index (κ2) is 3.34. The molecule has 0 aliphatic heterocycles. The molecule has 0 aliphatic rings. The van der Waals surface area contributed by atoms with E-state index in [0.29, 0.717) is 11.5 Å². The van der Waals surface area contributed by atoms with Crippen molar-refractivity contribution < 1.29 is 8.78 Å². The summed E-state index contributed by atoms with van der Waals surface area (Å²) in [5, 5.41) is 3.97. The molecule has 0 unspecified atom stereocenters. The van der Waals surface area contributed by atoms with Crippen LogP contribution in [-0.2, 0) is 7.05 Å². The number of hydrogen-bond acceptors (Lipinski definition) is 2. The van der Waals surface area contributed by atoms with Gasteiger partial charge in [-0.2, -0.15) is 5.10 Å². The van der Waals surface area contributed by atoms with Crippen LogP contribution in [0.4, 0.5) is 14.6 Å². The fourth-order valence-corrected chi connectivity index (χ4v) is 1.31. The first-order valence-corrected chi connectivity index (χ1v) is 4.33. The summed E-state index contributed by atoms with van der Waals surface area (Å²) in [5.74, 6) is -0.626. The van der Waals surface area contributed by atoms with E-state index in [2.05, 4.69) is 5.10 Å². The van der Waals surface area contributed by atoms with Gasteiger partial charge in [-0.3, -0.25) is 4.68 Å². The van der Waals surface area contributed by atoms with E-state index >= 15 is 0 Å². The van der Waals surface area contributed by atoms with Crippen LogP contribution in [0.5, 0.6) is 0 Å². The maximum Gasteiger partial charge on any atom is 0.132 e. The molecule has 2 rings (SSSR count). The quantitative estimate of drug-likeness (QED) is 0.780. The van der Waals surface area contributed by atoms with Gasteiger partial charge in [-0.05, 0) is 18.2 Å². The van der Waals surface area contributed by atoms with Crippen molar-refractivity contribution in [3.8, 4) is 11.3 Å². The molecule has 0 aliphatic carbocycles. The van der Waals surface area contributed by atoms with Crippen molar-refractivity contribution in [3.05, 3.63) is 35.9 Å². The molecule has 78 valence electrons. The average Bonchev–Trinajstić information content (AvgIpc) is 2.51. The Morgan fingerprint density at radius 2 is 2.00 bits per heavy atom. The van der Waals surface area contributed by atoms with Crippen molar-refractivity contribution in [1.82, 2.24) is 9.78 Å². The first kappa shape index (κ1) is 9.64. The highest BCUT2D eigenvalue weighted by atomic mass is 19.1. The molecule has 0 radical (unpaired) electrons. The second-order valence-corrected chi connectivity index (χ2v) is 3.20. The summed E-state index contributed by atoms with van der Waals surface area (Å²) in [7, 11) is 1.63. The van der Waals surface area contributed by atoms with E-state index in [-0.39, 0.29) is 5.56 Å². The summed E-state index contributed by atoms with van der Waals surface area (Å²) in [6.07, 6.45) is 0. The topological polar surface area (TPSA) is 43.8 Å². The normalized spacial score (nSPS) is 10.6. The molecule has 1 aromatic carbocycles. The molecular formula is C10H9F2N3. The lowest BCUT2D eigenvalue weighted by Gasteiger charge is -1.98. The van der Waals surface area contributed by atoms with Gasteiger partial charge in [0.05, 0.1) is 5.69 Å². The van der Waals surface area contributed by atoms with E-state index in [0.717, 1.165) is 18.2 Å². The highest BCUT2D eigenvalue weighted by Crippen LogP contribution is 2.23. The number of nitrogens with zero attached hydrogens (tertiary/aromatic N) is 2. The minimum Gasteiger partial charge on any atom is -0.384 e. The molecule has 0 fully saturated rings. The maximum atomic E-state index is 13.3. The highest BCUT2D eigenvalue weighted by Gasteiger charge is 2.10. The Morgan fingerprint density at radius 3 is 2.60 bits per heavy atom. The third-order valence-electron chi connectivity index (χ3n) is 2.12. The first-order valence-electron chi connectivity index (χ1n) is 4.33. The summed E-state index contributed by atoms with van der Waals surface area (Å²) in [5.41, 5.74) is 5.99. The largest absolute Gasteiger partial charge is 0.384 e. The lowest BCUT2D eigenvalue weighted by atomic mass is 10.1. The van der Waals surface area contributed by atoms with Crippen molar-refractivity contribution in [2.45, 2.75) is 0 Å². The van der Waals surface area contributed by atoms with Crippen LogP contribution in [-0.4, -0.2) is 9.78 Å². The Bertz CT molecular complexity index is 486. The molecule has 2 aromatic rings. The number of nitrogens with two attached hydrogens (primary N) is 1. The van der Waals surface area contributed by atoms with Gasteiger partial charge >= 0.3 is 0 Å². The highest BCUT2D eigenvalue weighted by molar-refractivity contribution is 5.62. The summed E-state index contributed by atoms with van der Waals surface area (Å²) >= 11 is 0. The van der Waals surface area contributed by atoms with Gasteiger partial charge in [0.25, 0.3) is 0 Å². The molecule has 0 atom stereocenters. The van der Waals surface area contributed by atoms with Gasteiger partial charge in [-0.15, -0.1) is 0 Å². The number of benzene rings is 1. The van der Waals surface area contributed by atoms with Crippen LogP contribution < -0.4 is 5.73 Å². The van der Waals surface area contributed by atoms with Gasteiger partial charge in [0.15, 0.2) is 0 Å². The fourth-order valence-electron chi connectivity index (χ4n) is 1.31. The van der Waals surface area contributed by atoms with Crippen molar-refractivity contribution in [1.29, 1.82) is 0 Å². The monoisotopic (exact) mass is 209 g/mol. The molecule has 1 aromatic heterocycles. The molecule has 15 heavy (non-hydrogen) atoms. The Hall–Kier alpha value is -1.91. The number of hydrogen-bond donors (Lipinski definition) is 1. The smallest absolute Gasteiger partial charge is 0.132 e. The molecule has 0 amide bonds. The lowest BCUT2D eigenvalue weighted by molar-refractivity contribution is 0.602. The zero-order valence-electron chi connectivity index (χ0n) is 8.04. The Balaban J connectivity index is 2.58. The zero-order valence-corrected chi connectivity index (χ0v) is 8.04. The molecule has 0 saturated carbocycles. The first-order chi connectivity index (χ1) is 7.08. The van der Waals surface area contributed by atoms with E-state index in [9.17, 15) is 8.78 Å². The minimum atomic E-state index is -0.519. The molecule has 1 heterocycles.